The number of ether oxygens (including phenoxy) is 2. The van der Waals surface area contributed by atoms with Crippen LogP contribution in [0.25, 0.3) is 6.08 Å². The molecule has 0 radical (unpaired) electrons. The van der Waals surface area contributed by atoms with Gasteiger partial charge in [-0.25, -0.2) is 4.99 Å². The Labute approximate surface area is 200 Å². The summed E-state index contributed by atoms with van der Waals surface area (Å²) >= 11 is 7.51. The van der Waals surface area contributed by atoms with E-state index in [1.165, 1.54) is 23.8 Å². The van der Waals surface area contributed by atoms with E-state index in [2.05, 4.69) is 15.1 Å². The lowest BCUT2D eigenvalue weighted by Gasteiger charge is -2.18. The molecule has 33 heavy (non-hydrogen) atoms. The number of methoxy groups -OCH3 is 2. The van der Waals surface area contributed by atoms with E-state index in [1.54, 1.807) is 31.4 Å². The number of benzene rings is 2. The number of carbonyl (C=O) groups excluding carboxylic acids is 1. The molecule has 4 rings (SSSR count). The minimum atomic E-state index is -0.266. The zero-order chi connectivity index (χ0) is 23.4. The largest absolute Gasteiger partial charge is 0.497 e. The van der Waals surface area contributed by atoms with Crippen LogP contribution >= 0.6 is 23.4 Å². The molecule has 0 N–H and O–H groups in total. The van der Waals surface area contributed by atoms with Gasteiger partial charge in [-0.1, -0.05) is 47.6 Å². The zero-order valence-electron chi connectivity index (χ0n) is 18.2. The number of amidine groups is 1. The molecule has 10 heteroatoms. The Morgan fingerprint density at radius 2 is 1.94 bits per heavy atom. The summed E-state index contributed by atoms with van der Waals surface area (Å²) in [6.45, 7) is 1.95. The molecule has 0 fully saturated rings. The minimum Gasteiger partial charge on any atom is -0.497 e. The third kappa shape index (κ3) is 5.04. The van der Waals surface area contributed by atoms with Crippen molar-refractivity contribution in [2.24, 2.45) is 4.99 Å². The van der Waals surface area contributed by atoms with Crippen LogP contribution in [0.5, 0.6) is 11.5 Å². The topological polar surface area (TPSA) is 90.0 Å². The molecule has 2 heterocycles. The lowest BCUT2D eigenvalue weighted by atomic mass is 10.2. The first-order valence-electron chi connectivity index (χ1n) is 10.1. The molecule has 1 aliphatic heterocycles. The Kier molecular flexibility index (Phi) is 7.00. The van der Waals surface area contributed by atoms with Gasteiger partial charge in [-0.05, 0) is 35.9 Å². The lowest BCUT2D eigenvalue weighted by molar-refractivity contribution is -0.113. The van der Waals surface area contributed by atoms with Crippen LogP contribution in [0.1, 0.15) is 24.2 Å². The maximum atomic E-state index is 13.4. The number of anilines is 1. The summed E-state index contributed by atoms with van der Waals surface area (Å²) in [5, 5.41) is 4.85. The summed E-state index contributed by atoms with van der Waals surface area (Å²) in [6.07, 6.45) is 2.41. The van der Waals surface area contributed by atoms with E-state index in [-0.39, 0.29) is 5.91 Å². The van der Waals surface area contributed by atoms with E-state index in [0.717, 1.165) is 11.3 Å². The van der Waals surface area contributed by atoms with Gasteiger partial charge in [-0.2, -0.15) is 4.98 Å². The monoisotopic (exact) mass is 484 g/mol. The van der Waals surface area contributed by atoms with Crippen LogP contribution in [-0.2, 0) is 17.0 Å². The van der Waals surface area contributed by atoms with E-state index in [1.807, 2.05) is 31.2 Å². The molecular formula is C23H21ClN4O4S. The van der Waals surface area contributed by atoms with Crippen LogP contribution in [0.4, 0.5) is 5.69 Å². The fourth-order valence-corrected chi connectivity index (χ4v) is 4.13. The second kappa shape index (κ2) is 10.1. The molecule has 0 unspecified atom stereocenters. The molecule has 1 aliphatic rings. The van der Waals surface area contributed by atoms with Gasteiger partial charge in [0.15, 0.2) is 11.0 Å². The molecule has 170 valence electrons. The lowest BCUT2D eigenvalue weighted by Crippen LogP contribution is -2.30. The fraction of sp³-hybridized carbons (Fsp3) is 0.217. The first-order chi connectivity index (χ1) is 16.0. The molecule has 2 aromatic carbocycles. The van der Waals surface area contributed by atoms with Gasteiger partial charge in [0, 0.05) is 12.5 Å². The average molecular weight is 485 g/mol. The molecule has 0 aliphatic carbocycles. The summed E-state index contributed by atoms with van der Waals surface area (Å²) in [4.78, 5) is 23.8. The van der Waals surface area contributed by atoms with Crippen LogP contribution in [0.2, 0.25) is 5.02 Å². The number of thioether (sulfide) groups is 1. The number of aliphatic imine (C=N–C) groups is 1. The van der Waals surface area contributed by atoms with Crippen molar-refractivity contribution >= 4 is 46.2 Å². The van der Waals surface area contributed by atoms with Gasteiger partial charge in [-0.3, -0.25) is 9.69 Å². The highest BCUT2D eigenvalue weighted by molar-refractivity contribution is 8.13. The van der Waals surface area contributed by atoms with Crippen LogP contribution in [-0.4, -0.2) is 35.4 Å². The van der Waals surface area contributed by atoms with Crippen LogP contribution < -0.4 is 14.4 Å². The summed E-state index contributed by atoms with van der Waals surface area (Å²) in [7, 11) is 3.13. The van der Waals surface area contributed by atoms with Gasteiger partial charge in [0.2, 0.25) is 5.89 Å². The smallest absolute Gasteiger partial charge is 0.283 e. The molecule has 0 atom stereocenters. The number of aryl methyl sites for hydroxylation is 1. The van der Waals surface area contributed by atoms with Gasteiger partial charge >= 0.3 is 0 Å². The number of rotatable bonds is 7. The van der Waals surface area contributed by atoms with Gasteiger partial charge in [0.05, 0.1) is 30.7 Å². The second-order valence-electron chi connectivity index (χ2n) is 6.90. The normalized spacial score (nSPS) is 14.7. The quantitative estimate of drug-likeness (QED) is 0.437. The Balaban J connectivity index is 1.67. The molecule has 0 spiro atoms. The van der Waals surface area contributed by atoms with Crippen molar-refractivity contribution in [2.45, 2.75) is 19.1 Å². The first-order valence-corrected chi connectivity index (χ1v) is 11.5. The second-order valence-corrected chi connectivity index (χ2v) is 8.25. The van der Waals surface area contributed by atoms with E-state index >= 15 is 0 Å². The number of halogens is 1. The summed E-state index contributed by atoms with van der Waals surface area (Å²) in [5.74, 6) is 2.40. The van der Waals surface area contributed by atoms with Gasteiger partial charge < -0.3 is 14.0 Å². The van der Waals surface area contributed by atoms with E-state index in [9.17, 15) is 4.79 Å². The predicted octanol–water partition coefficient (Wildman–Crippen LogP) is 4.98. The van der Waals surface area contributed by atoms with Crippen molar-refractivity contribution in [1.82, 2.24) is 10.1 Å². The Bertz CT molecular complexity index is 1220. The predicted molar refractivity (Wildman–Crippen MR) is 129 cm³/mol. The van der Waals surface area contributed by atoms with Crippen molar-refractivity contribution in [1.29, 1.82) is 0 Å². The number of aromatic nitrogens is 2. The third-order valence-electron chi connectivity index (χ3n) is 4.79. The zero-order valence-corrected chi connectivity index (χ0v) is 19.8. The van der Waals surface area contributed by atoms with Gasteiger partial charge in [-0.15, -0.1) is 0 Å². The Hall–Kier alpha value is -3.30. The maximum Gasteiger partial charge on any atom is 0.283 e. The number of hydrogen-bond acceptors (Lipinski definition) is 8. The average Bonchev–Trinajstić information content (AvgIpc) is 3.43. The number of amides is 1. The van der Waals surface area contributed by atoms with Gasteiger partial charge in [0.1, 0.15) is 17.2 Å². The van der Waals surface area contributed by atoms with E-state index < -0.39 is 0 Å². The highest BCUT2D eigenvalue weighted by Gasteiger charge is 2.33. The van der Waals surface area contributed by atoms with Crippen LogP contribution in [0, 0.1) is 0 Å². The molecule has 1 aromatic heterocycles. The Morgan fingerprint density at radius 1 is 1.15 bits per heavy atom. The van der Waals surface area contributed by atoms with Crippen LogP contribution in [0.15, 0.2) is 57.7 Å². The number of nitrogens with zero attached hydrogens (tertiary/aromatic N) is 4. The molecular weight excluding hydrogens is 464 g/mol. The van der Waals surface area contributed by atoms with Crippen molar-refractivity contribution in [3.05, 3.63) is 70.5 Å². The minimum absolute atomic E-state index is 0.266. The molecule has 3 aromatic rings. The van der Waals surface area contributed by atoms with Crippen molar-refractivity contribution in [2.75, 3.05) is 19.1 Å². The first kappa shape index (κ1) is 22.9. The summed E-state index contributed by atoms with van der Waals surface area (Å²) in [6, 6.07) is 12.5. The SMILES string of the molecule is CCc1noc(CSC2=N/C(=C\c3ccc(OC)cc3)C(=O)N2c2ccc(Cl)c(OC)c2)n1. The molecule has 0 bridgehead atoms. The van der Waals surface area contributed by atoms with E-state index in [0.29, 0.717) is 51.2 Å². The molecule has 0 saturated heterocycles. The summed E-state index contributed by atoms with van der Waals surface area (Å²) < 4.78 is 15.8. The fourth-order valence-electron chi connectivity index (χ4n) is 3.09. The highest BCUT2D eigenvalue weighted by atomic mass is 35.5. The number of carbonyl (C=O) groups is 1. The van der Waals surface area contributed by atoms with E-state index in [4.69, 9.17) is 25.6 Å². The number of hydrogen-bond donors (Lipinski definition) is 0. The molecule has 1 amide bonds. The third-order valence-corrected chi connectivity index (χ3v) is 6.03. The molecule has 8 nitrogen and oxygen atoms in total. The van der Waals surface area contributed by atoms with Gasteiger partial charge in [0.25, 0.3) is 5.91 Å². The molecule has 0 saturated carbocycles. The summed E-state index contributed by atoms with van der Waals surface area (Å²) in [5.41, 5.74) is 1.72. The standard InChI is InChI=1S/C23H21ClN4O4S/c1-4-20-26-21(32-27-20)13-33-23-25-18(11-14-5-8-16(30-2)9-6-14)22(29)28(23)15-7-10-17(24)19(12-15)31-3/h5-12H,4,13H2,1-3H3/b18-11-. The van der Waals surface area contributed by atoms with Crippen molar-refractivity contribution in [3.63, 3.8) is 0 Å². The maximum absolute atomic E-state index is 13.4. The van der Waals surface area contributed by atoms with Crippen LogP contribution in [0.3, 0.4) is 0 Å². The highest BCUT2D eigenvalue weighted by Crippen LogP contribution is 2.35. The van der Waals surface area contributed by atoms with Crippen molar-refractivity contribution < 1.29 is 18.8 Å². The Morgan fingerprint density at radius 3 is 2.61 bits per heavy atom. The van der Waals surface area contributed by atoms with Crippen molar-refractivity contribution in [3.8, 4) is 11.5 Å².